The van der Waals surface area contributed by atoms with Crippen molar-refractivity contribution in [3.63, 3.8) is 0 Å². The van der Waals surface area contributed by atoms with Gasteiger partial charge in [0.1, 0.15) is 0 Å². The number of thiazole rings is 1. The molecular weight excluding hydrogens is 349 g/mol. The van der Waals surface area contributed by atoms with Crippen molar-refractivity contribution in [2.75, 3.05) is 7.11 Å². The van der Waals surface area contributed by atoms with Crippen molar-refractivity contribution in [3.05, 3.63) is 29.3 Å². The summed E-state index contributed by atoms with van der Waals surface area (Å²) in [7, 11) is 1.07. The Bertz CT molecular complexity index is 773. The number of aromatic nitrogens is 1. The first kappa shape index (κ1) is 19.3. The molecule has 1 aromatic carbocycles. The maximum atomic E-state index is 11.7. The van der Waals surface area contributed by atoms with E-state index in [4.69, 9.17) is 14.0 Å². The van der Waals surface area contributed by atoms with Gasteiger partial charge in [-0.1, -0.05) is 6.07 Å². The zero-order chi connectivity index (χ0) is 18.9. The Balaban J connectivity index is 1.79. The van der Waals surface area contributed by atoms with Crippen molar-refractivity contribution in [3.8, 4) is 0 Å². The van der Waals surface area contributed by atoms with Crippen LogP contribution in [-0.2, 0) is 25.3 Å². The van der Waals surface area contributed by atoms with E-state index >= 15 is 0 Å². The molecule has 140 valence electrons. The van der Waals surface area contributed by atoms with Crippen molar-refractivity contribution in [1.82, 2.24) is 4.98 Å². The third-order valence-electron chi connectivity index (χ3n) is 5.50. The monoisotopic (exact) mass is 375 g/mol. The highest BCUT2D eigenvalue weighted by atomic mass is 32.1. The number of carbonyl (C=O) groups excluding carboxylic acids is 1. The molecule has 1 aromatic heterocycles. The number of carbonyl (C=O) groups is 1. The highest BCUT2D eigenvalue weighted by Crippen LogP contribution is 2.42. The van der Waals surface area contributed by atoms with Crippen LogP contribution in [0.1, 0.15) is 46.1 Å². The standard InChI is InChI=1S/C19H26BNO4S/c1-18(2)19(3,4)25-20(24-18)14(7-9-17(22)23-5)10-13-6-8-16-15(11-13)21-12-26-16/h6,8,11-12,14H,7,9-10H2,1-5H3/t14-/m0/s1. The van der Waals surface area contributed by atoms with Gasteiger partial charge in [-0.05, 0) is 64.1 Å². The fraction of sp³-hybridized carbons (Fsp3) is 0.579. The van der Waals surface area contributed by atoms with Crippen molar-refractivity contribution in [1.29, 1.82) is 0 Å². The third-order valence-corrected chi connectivity index (χ3v) is 6.31. The first-order valence-electron chi connectivity index (χ1n) is 8.96. The van der Waals surface area contributed by atoms with Crippen molar-refractivity contribution >= 4 is 34.6 Å². The second kappa shape index (κ2) is 7.29. The average Bonchev–Trinajstić information content (AvgIpc) is 3.12. The van der Waals surface area contributed by atoms with Crippen LogP contribution in [0.3, 0.4) is 0 Å². The number of ether oxygens (including phenoxy) is 1. The van der Waals surface area contributed by atoms with Crippen LogP contribution in [0.4, 0.5) is 0 Å². The molecule has 0 N–H and O–H groups in total. The van der Waals surface area contributed by atoms with Crippen LogP contribution >= 0.6 is 11.3 Å². The summed E-state index contributed by atoms with van der Waals surface area (Å²) in [5.74, 6) is -0.146. The van der Waals surface area contributed by atoms with Gasteiger partial charge in [0.2, 0.25) is 0 Å². The van der Waals surface area contributed by atoms with Crippen LogP contribution in [0.5, 0.6) is 0 Å². The van der Waals surface area contributed by atoms with Gasteiger partial charge in [-0.15, -0.1) is 11.3 Å². The lowest BCUT2D eigenvalue weighted by Gasteiger charge is -2.32. The number of hydrogen-bond acceptors (Lipinski definition) is 6. The molecule has 1 fully saturated rings. The van der Waals surface area contributed by atoms with Gasteiger partial charge in [0, 0.05) is 6.42 Å². The van der Waals surface area contributed by atoms with Crippen LogP contribution in [0.2, 0.25) is 5.82 Å². The molecule has 0 spiro atoms. The minimum Gasteiger partial charge on any atom is -0.469 e. The van der Waals surface area contributed by atoms with E-state index in [1.54, 1.807) is 11.3 Å². The molecule has 0 radical (unpaired) electrons. The van der Waals surface area contributed by atoms with Crippen LogP contribution in [0, 0.1) is 0 Å². The Morgan fingerprint density at radius 3 is 2.62 bits per heavy atom. The maximum absolute atomic E-state index is 11.7. The molecular formula is C19H26BNO4S. The predicted molar refractivity (Wildman–Crippen MR) is 104 cm³/mol. The molecule has 2 heterocycles. The van der Waals surface area contributed by atoms with Crippen molar-refractivity contribution in [2.24, 2.45) is 0 Å². The van der Waals surface area contributed by atoms with Crippen LogP contribution < -0.4 is 0 Å². The molecule has 0 bridgehead atoms. The van der Waals surface area contributed by atoms with E-state index in [9.17, 15) is 4.79 Å². The normalized spacial score (nSPS) is 19.7. The topological polar surface area (TPSA) is 57.7 Å². The molecule has 3 rings (SSSR count). The quantitative estimate of drug-likeness (QED) is 0.558. The van der Waals surface area contributed by atoms with Gasteiger partial charge < -0.3 is 14.0 Å². The molecule has 1 aliphatic heterocycles. The van der Waals surface area contributed by atoms with E-state index in [2.05, 4.69) is 23.2 Å². The summed E-state index contributed by atoms with van der Waals surface area (Å²) in [6, 6.07) is 6.34. The summed E-state index contributed by atoms with van der Waals surface area (Å²) in [5, 5.41) is 0. The van der Waals surface area contributed by atoms with Crippen molar-refractivity contribution < 1.29 is 18.8 Å². The SMILES string of the molecule is COC(=O)CC[C@@H](Cc1ccc2scnc2c1)B1OC(C)(C)C(C)(C)O1. The van der Waals surface area contributed by atoms with Crippen molar-refractivity contribution in [2.45, 2.75) is 64.0 Å². The van der Waals surface area contributed by atoms with Gasteiger partial charge >= 0.3 is 13.1 Å². The minimum atomic E-state index is -0.389. The van der Waals surface area contributed by atoms with Crippen LogP contribution in [-0.4, -0.2) is 36.4 Å². The molecule has 2 aromatic rings. The van der Waals surface area contributed by atoms with Crippen LogP contribution in [0.15, 0.2) is 23.7 Å². The lowest BCUT2D eigenvalue weighted by Crippen LogP contribution is -2.41. The minimum absolute atomic E-state index is 0.0613. The Hall–Kier alpha value is -1.44. The lowest BCUT2D eigenvalue weighted by atomic mass is 9.66. The van der Waals surface area contributed by atoms with Gasteiger partial charge in [-0.25, -0.2) is 4.98 Å². The molecule has 1 aliphatic rings. The van der Waals surface area contributed by atoms with Crippen LogP contribution in [0.25, 0.3) is 10.2 Å². The highest BCUT2D eigenvalue weighted by molar-refractivity contribution is 7.16. The molecule has 0 saturated carbocycles. The number of benzene rings is 1. The molecule has 7 heteroatoms. The first-order chi connectivity index (χ1) is 12.2. The molecule has 1 atom stereocenters. The molecule has 0 aliphatic carbocycles. The molecule has 5 nitrogen and oxygen atoms in total. The molecule has 26 heavy (non-hydrogen) atoms. The number of esters is 1. The fourth-order valence-corrected chi connectivity index (χ4v) is 3.81. The smallest absolute Gasteiger partial charge is 0.461 e. The Morgan fingerprint density at radius 2 is 1.96 bits per heavy atom. The van der Waals surface area contributed by atoms with E-state index in [0.29, 0.717) is 12.8 Å². The predicted octanol–water partition coefficient (Wildman–Crippen LogP) is 4.25. The van der Waals surface area contributed by atoms with E-state index < -0.39 is 0 Å². The third kappa shape index (κ3) is 3.95. The number of hydrogen-bond donors (Lipinski definition) is 0. The second-order valence-corrected chi connectivity index (χ2v) is 8.74. The Labute approximate surface area is 159 Å². The first-order valence-corrected chi connectivity index (χ1v) is 9.84. The summed E-state index contributed by atoms with van der Waals surface area (Å²) in [5.41, 5.74) is 3.26. The van der Waals surface area contributed by atoms with Gasteiger partial charge in [0.05, 0.1) is 34.0 Å². The highest BCUT2D eigenvalue weighted by Gasteiger charge is 2.53. The Morgan fingerprint density at radius 1 is 1.27 bits per heavy atom. The number of rotatable bonds is 6. The zero-order valence-electron chi connectivity index (χ0n) is 16.1. The van der Waals surface area contributed by atoms with Gasteiger partial charge in [0.15, 0.2) is 0 Å². The fourth-order valence-electron chi connectivity index (χ4n) is 3.15. The number of nitrogens with zero attached hydrogens (tertiary/aromatic N) is 1. The molecule has 0 unspecified atom stereocenters. The van der Waals surface area contributed by atoms with Gasteiger partial charge in [-0.2, -0.15) is 0 Å². The van der Waals surface area contributed by atoms with Gasteiger partial charge in [0.25, 0.3) is 0 Å². The summed E-state index contributed by atoms with van der Waals surface area (Å²) in [4.78, 5) is 16.1. The maximum Gasteiger partial charge on any atom is 0.461 e. The van der Waals surface area contributed by atoms with E-state index in [-0.39, 0.29) is 30.1 Å². The second-order valence-electron chi connectivity index (χ2n) is 7.86. The summed E-state index contributed by atoms with van der Waals surface area (Å²) < 4.78 is 18.5. The van der Waals surface area contributed by atoms with E-state index in [1.807, 2.05) is 33.2 Å². The summed E-state index contributed by atoms with van der Waals surface area (Å²) in [6.45, 7) is 8.19. The van der Waals surface area contributed by atoms with E-state index in [0.717, 1.165) is 11.9 Å². The number of methoxy groups -OCH3 is 1. The number of fused-ring (bicyclic) bond motifs is 1. The lowest BCUT2D eigenvalue weighted by molar-refractivity contribution is -0.140. The average molecular weight is 375 g/mol. The molecule has 1 saturated heterocycles. The van der Waals surface area contributed by atoms with E-state index in [1.165, 1.54) is 17.4 Å². The molecule has 0 amide bonds. The van der Waals surface area contributed by atoms with Gasteiger partial charge in [-0.3, -0.25) is 4.79 Å². The zero-order valence-corrected chi connectivity index (χ0v) is 16.9. The summed E-state index contributed by atoms with van der Waals surface area (Å²) in [6.07, 6.45) is 1.77. The Kier molecular flexibility index (Phi) is 5.42. The summed E-state index contributed by atoms with van der Waals surface area (Å²) >= 11 is 1.64. The largest absolute Gasteiger partial charge is 0.469 e.